The molecule has 3 heterocycles. The topological polar surface area (TPSA) is 64.0 Å². The lowest BCUT2D eigenvalue weighted by Gasteiger charge is -2.07. The van der Waals surface area contributed by atoms with Gasteiger partial charge in [0.25, 0.3) is 5.56 Å². The number of fused-ring (bicyclic) bond motifs is 1. The predicted octanol–water partition coefficient (Wildman–Crippen LogP) is 2.08. The zero-order valence-corrected chi connectivity index (χ0v) is 12.9. The van der Waals surface area contributed by atoms with Crippen LogP contribution in [-0.4, -0.2) is 15.5 Å². The van der Waals surface area contributed by atoms with E-state index in [1.807, 2.05) is 37.3 Å². The Kier molecular flexibility index (Phi) is 4.02. The van der Waals surface area contributed by atoms with Crippen LogP contribution in [0.3, 0.4) is 0 Å². The number of thiophene rings is 1. The smallest absolute Gasteiger partial charge is 0.259 e. The van der Waals surface area contributed by atoms with Crippen LogP contribution < -0.4 is 10.9 Å². The first-order chi connectivity index (χ1) is 10.6. The van der Waals surface area contributed by atoms with Crippen molar-refractivity contribution in [1.82, 2.24) is 14.9 Å². The maximum atomic E-state index is 12.3. The van der Waals surface area contributed by atoms with E-state index in [0.29, 0.717) is 11.9 Å². The molecule has 6 heteroatoms. The van der Waals surface area contributed by atoms with Gasteiger partial charge in [0, 0.05) is 22.0 Å². The lowest BCUT2D eigenvalue weighted by molar-refractivity contribution is -0.121. The summed E-state index contributed by atoms with van der Waals surface area (Å²) in [6.07, 6.45) is 3.35. The third-order valence-electron chi connectivity index (χ3n) is 3.29. The van der Waals surface area contributed by atoms with Gasteiger partial charge in [-0.2, -0.15) is 0 Å². The van der Waals surface area contributed by atoms with Crippen molar-refractivity contribution in [3.8, 4) is 0 Å². The first-order valence-corrected chi connectivity index (χ1v) is 7.71. The predicted molar refractivity (Wildman–Crippen MR) is 86.9 cm³/mol. The molecule has 3 rings (SSSR count). The van der Waals surface area contributed by atoms with Crippen LogP contribution in [0, 0.1) is 6.92 Å². The molecule has 3 aromatic rings. The Morgan fingerprint density at radius 2 is 2.23 bits per heavy atom. The average molecular weight is 313 g/mol. The summed E-state index contributed by atoms with van der Waals surface area (Å²) in [6, 6.07) is 9.27. The summed E-state index contributed by atoms with van der Waals surface area (Å²) < 4.78 is 2.38. The zero-order valence-electron chi connectivity index (χ0n) is 12.1. The number of rotatable bonds is 4. The second kappa shape index (κ2) is 6.11. The number of carbonyl (C=O) groups excluding carboxylic acids is 1. The lowest BCUT2D eigenvalue weighted by Crippen LogP contribution is -2.31. The van der Waals surface area contributed by atoms with Gasteiger partial charge in [-0.05, 0) is 31.2 Å². The van der Waals surface area contributed by atoms with E-state index in [1.165, 1.54) is 4.57 Å². The molecule has 0 aliphatic carbocycles. The normalized spacial score (nSPS) is 10.8. The molecule has 0 radical (unpaired) electrons. The summed E-state index contributed by atoms with van der Waals surface area (Å²) in [5, 5.41) is 3.44. The quantitative estimate of drug-likeness (QED) is 0.802. The Morgan fingerprint density at radius 1 is 1.36 bits per heavy atom. The number of amides is 1. The summed E-state index contributed by atoms with van der Waals surface area (Å²) >= 11 is 1.58. The summed E-state index contributed by atoms with van der Waals surface area (Å²) in [5.74, 6) is -0.209. The molecule has 0 fully saturated rings. The highest BCUT2D eigenvalue weighted by atomic mass is 32.1. The maximum Gasteiger partial charge on any atom is 0.259 e. The van der Waals surface area contributed by atoms with Gasteiger partial charge in [-0.3, -0.25) is 14.6 Å². The van der Waals surface area contributed by atoms with Crippen LogP contribution in [-0.2, 0) is 17.9 Å². The van der Waals surface area contributed by atoms with Gasteiger partial charge in [0.05, 0.1) is 17.6 Å². The van der Waals surface area contributed by atoms with Crippen LogP contribution in [0.4, 0.5) is 0 Å². The molecular weight excluding hydrogens is 298 g/mol. The minimum absolute atomic E-state index is 0.0104. The minimum atomic E-state index is -0.209. The van der Waals surface area contributed by atoms with Gasteiger partial charge >= 0.3 is 0 Å². The monoisotopic (exact) mass is 313 g/mol. The molecule has 0 aliphatic heterocycles. The highest BCUT2D eigenvalue weighted by Crippen LogP contribution is 2.21. The summed E-state index contributed by atoms with van der Waals surface area (Å²) in [5.41, 5.74) is 0.655. The second-order valence-electron chi connectivity index (χ2n) is 4.98. The highest BCUT2D eigenvalue weighted by molar-refractivity contribution is 7.18. The number of hydrogen-bond acceptors (Lipinski definition) is 4. The van der Waals surface area contributed by atoms with Crippen molar-refractivity contribution in [2.45, 2.75) is 20.0 Å². The van der Waals surface area contributed by atoms with E-state index < -0.39 is 0 Å². The third-order valence-corrected chi connectivity index (χ3v) is 4.30. The molecule has 3 aromatic heterocycles. The average Bonchev–Trinajstić information content (AvgIpc) is 2.91. The molecule has 5 nitrogen and oxygen atoms in total. The van der Waals surface area contributed by atoms with Crippen LogP contribution in [0.25, 0.3) is 10.1 Å². The lowest BCUT2D eigenvalue weighted by atomic mass is 10.3. The number of aromatic nitrogens is 2. The molecular formula is C16H15N3O2S. The van der Waals surface area contributed by atoms with E-state index in [9.17, 15) is 9.59 Å². The van der Waals surface area contributed by atoms with Gasteiger partial charge in [0.2, 0.25) is 5.91 Å². The highest BCUT2D eigenvalue weighted by Gasteiger charge is 2.09. The van der Waals surface area contributed by atoms with Gasteiger partial charge in [-0.15, -0.1) is 11.3 Å². The molecule has 112 valence electrons. The largest absolute Gasteiger partial charge is 0.349 e. The van der Waals surface area contributed by atoms with Crippen molar-refractivity contribution in [3.05, 3.63) is 63.7 Å². The number of carbonyl (C=O) groups is 1. The first-order valence-electron chi connectivity index (χ1n) is 6.90. The zero-order chi connectivity index (χ0) is 15.5. The fourth-order valence-electron chi connectivity index (χ4n) is 2.23. The molecule has 0 saturated carbocycles. The van der Waals surface area contributed by atoms with Crippen LogP contribution in [0.15, 0.2) is 47.5 Å². The minimum Gasteiger partial charge on any atom is -0.349 e. The van der Waals surface area contributed by atoms with Gasteiger partial charge in [0.15, 0.2) is 0 Å². The Morgan fingerprint density at radius 3 is 3.00 bits per heavy atom. The fraction of sp³-hybridized carbons (Fsp3) is 0.188. The van der Waals surface area contributed by atoms with Crippen molar-refractivity contribution in [2.75, 3.05) is 0 Å². The van der Waals surface area contributed by atoms with E-state index in [-0.39, 0.29) is 18.0 Å². The first kappa shape index (κ1) is 14.5. The molecule has 0 saturated heterocycles. The standard InChI is InChI=1S/C16H15N3O2S/c1-11-8-13-14(22-11)5-7-19(16(13)21)10-15(20)18-9-12-4-2-3-6-17-12/h2-8H,9-10H2,1H3,(H,18,20). The molecule has 0 aromatic carbocycles. The Balaban J connectivity index is 1.71. The molecule has 0 spiro atoms. The number of pyridine rings is 2. The van der Waals surface area contributed by atoms with Crippen molar-refractivity contribution in [3.63, 3.8) is 0 Å². The maximum absolute atomic E-state index is 12.3. The summed E-state index contributed by atoms with van der Waals surface area (Å²) in [6.45, 7) is 2.33. The van der Waals surface area contributed by atoms with Crippen LogP contribution in [0.2, 0.25) is 0 Å². The van der Waals surface area contributed by atoms with Crippen LogP contribution in [0.5, 0.6) is 0 Å². The second-order valence-corrected chi connectivity index (χ2v) is 6.27. The van der Waals surface area contributed by atoms with Crippen LogP contribution >= 0.6 is 11.3 Å². The van der Waals surface area contributed by atoms with Crippen molar-refractivity contribution in [2.24, 2.45) is 0 Å². The third kappa shape index (κ3) is 3.07. The summed E-state index contributed by atoms with van der Waals surface area (Å²) in [4.78, 5) is 29.5. The van der Waals surface area contributed by atoms with Gasteiger partial charge < -0.3 is 9.88 Å². The molecule has 0 aliphatic rings. The van der Waals surface area contributed by atoms with Crippen molar-refractivity contribution < 1.29 is 4.79 Å². The molecule has 22 heavy (non-hydrogen) atoms. The summed E-state index contributed by atoms with van der Waals surface area (Å²) in [7, 11) is 0. The Bertz CT molecular complexity index is 868. The van der Waals surface area contributed by atoms with Crippen molar-refractivity contribution >= 4 is 27.3 Å². The van der Waals surface area contributed by atoms with E-state index in [4.69, 9.17) is 0 Å². The van der Waals surface area contributed by atoms with Crippen molar-refractivity contribution in [1.29, 1.82) is 0 Å². The van der Waals surface area contributed by atoms with Gasteiger partial charge in [0.1, 0.15) is 6.54 Å². The Labute approximate surface area is 131 Å². The molecule has 0 atom stereocenters. The number of nitrogens with one attached hydrogen (secondary N) is 1. The molecule has 1 amide bonds. The van der Waals surface area contributed by atoms with Crippen LogP contribution in [0.1, 0.15) is 10.6 Å². The van der Waals surface area contributed by atoms with E-state index >= 15 is 0 Å². The SMILES string of the molecule is Cc1cc2c(=O)n(CC(=O)NCc3ccccn3)ccc2s1. The van der Waals surface area contributed by atoms with Gasteiger partial charge in [-0.1, -0.05) is 6.07 Å². The molecule has 0 unspecified atom stereocenters. The number of nitrogens with zero attached hydrogens (tertiary/aromatic N) is 2. The van der Waals surface area contributed by atoms with E-state index in [2.05, 4.69) is 10.3 Å². The Hall–Kier alpha value is -2.47. The molecule has 1 N–H and O–H groups in total. The fourth-order valence-corrected chi connectivity index (χ4v) is 3.14. The number of hydrogen-bond donors (Lipinski definition) is 1. The van der Waals surface area contributed by atoms with Gasteiger partial charge in [-0.25, -0.2) is 0 Å². The van der Waals surface area contributed by atoms with E-state index in [1.54, 1.807) is 23.7 Å². The molecule has 0 bridgehead atoms. The van der Waals surface area contributed by atoms with E-state index in [0.717, 1.165) is 15.3 Å². The number of aryl methyl sites for hydroxylation is 1.